The summed E-state index contributed by atoms with van der Waals surface area (Å²) in [5, 5.41) is 0. The Balaban J connectivity index is 1.25. The Morgan fingerprint density at radius 2 is 1.52 bits per heavy atom. The zero-order valence-corrected chi connectivity index (χ0v) is 17.1. The van der Waals surface area contributed by atoms with E-state index in [2.05, 4.69) is 17.1 Å². The molecule has 1 aliphatic rings. The summed E-state index contributed by atoms with van der Waals surface area (Å²) >= 11 is 0. The summed E-state index contributed by atoms with van der Waals surface area (Å²) < 4.78 is 31.4. The van der Waals surface area contributed by atoms with E-state index in [1.54, 1.807) is 12.1 Å². The number of benzene rings is 2. The fourth-order valence-corrected chi connectivity index (χ4v) is 3.81. The van der Waals surface area contributed by atoms with Crippen LogP contribution in [0.5, 0.6) is 5.75 Å². The van der Waals surface area contributed by atoms with Gasteiger partial charge in [0.05, 0.1) is 0 Å². The van der Waals surface area contributed by atoms with Crippen molar-refractivity contribution in [1.82, 2.24) is 9.88 Å². The van der Waals surface area contributed by atoms with Crippen LogP contribution in [0.25, 0.3) is 0 Å². The number of halogens is 2. The van der Waals surface area contributed by atoms with Crippen LogP contribution in [0.4, 0.5) is 8.78 Å². The van der Waals surface area contributed by atoms with Crippen molar-refractivity contribution < 1.29 is 18.3 Å². The molecule has 0 unspecified atom stereocenters. The Bertz CT molecular complexity index is 997. The molecule has 0 spiro atoms. The SMILES string of the molecule is O=C(COc1ccc(F)cc1)N1CCC(c2ccc(Cc3ccc(F)cc3)cn2)CC1. The zero-order chi connectivity index (χ0) is 21.6. The Hall–Kier alpha value is -3.28. The van der Waals surface area contributed by atoms with Gasteiger partial charge in [0.1, 0.15) is 17.4 Å². The van der Waals surface area contributed by atoms with E-state index < -0.39 is 0 Å². The lowest BCUT2D eigenvalue weighted by Gasteiger charge is -2.31. The molecular formula is C25H24F2N2O2. The van der Waals surface area contributed by atoms with Crippen LogP contribution in [0.15, 0.2) is 66.9 Å². The molecule has 0 aliphatic carbocycles. The number of hydrogen-bond acceptors (Lipinski definition) is 3. The summed E-state index contributed by atoms with van der Waals surface area (Å²) in [5.74, 6) is 0.170. The molecule has 1 fully saturated rings. The third-order valence-corrected chi connectivity index (χ3v) is 5.61. The van der Waals surface area contributed by atoms with Gasteiger partial charge in [0.2, 0.25) is 0 Å². The van der Waals surface area contributed by atoms with E-state index in [0.29, 0.717) is 31.2 Å². The summed E-state index contributed by atoms with van der Waals surface area (Å²) in [6.07, 6.45) is 4.31. The number of rotatable bonds is 6. The van der Waals surface area contributed by atoms with Crippen molar-refractivity contribution in [3.05, 3.63) is 95.3 Å². The van der Waals surface area contributed by atoms with Crippen LogP contribution in [0.1, 0.15) is 35.6 Å². The summed E-state index contributed by atoms with van der Waals surface area (Å²) in [5.41, 5.74) is 3.17. The highest BCUT2D eigenvalue weighted by Crippen LogP contribution is 2.27. The van der Waals surface area contributed by atoms with Gasteiger partial charge >= 0.3 is 0 Å². The van der Waals surface area contributed by atoms with Crippen molar-refractivity contribution in [1.29, 1.82) is 0 Å². The molecule has 31 heavy (non-hydrogen) atoms. The first-order valence-corrected chi connectivity index (χ1v) is 10.4. The van der Waals surface area contributed by atoms with Crippen molar-refractivity contribution in [3.8, 4) is 5.75 Å². The number of hydrogen-bond donors (Lipinski definition) is 0. The van der Waals surface area contributed by atoms with Gasteiger partial charge in [-0.25, -0.2) is 8.78 Å². The standard InChI is InChI=1S/C25H24F2N2O2/c26-21-4-1-18(2-5-21)15-19-3-10-24(28-16-19)20-11-13-29(14-12-20)25(30)17-31-23-8-6-22(27)7-9-23/h1-10,16,20H,11-15,17H2. The Labute approximate surface area is 180 Å². The quantitative estimate of drug-likeness (QED) is 0.577. The normalized spacial score (nSPS) is 14.5. The minimum Gasteiger partial charge on any atom is -0.484 e. The predicted molar refractivity (Wildman–Crippen MR) is 114 cm³/mol. The molecule has 160 valence electrons. The van der Waals surface area contributed by atoms with Crippen LogP contribution in [-0.2, 0) is 11.2 Å². The molecule has 1 aromatic heterocycles. The topological polar surface area (TPSA) is 42.4 Å². The van der Waals surface area contributed by atoms with Gasteiger partial charge in [0, 0.05) is 30.9 Å². The van der Waals surface area contributed by atoms with Gasteiger partial charge in [-0.1, -0.05) is 18.2 Å². The van der Waals surface area contributed by atoms with Gasteiger partial charge in [-0.05, 0) is 72.9 Å². The lowest BCUT2D eigenvalue weighted by atomic mass is 9.92. The number of piperidine rings is 1. The van der Waals surface area contributed by atoms with E-state index in [9.17, 15) is 13.6 Å². The number of amides is 1. The first kappa shape index (κ1) is 21.0. The average Bonchev–Trinajstić information content (AvgIpc) is 2.81. The first-order chi connectivity index (χ1) is 15.1. The molecule has 2 aromatic carbocycles. The van der Waals surface area contributed by atoms with Gasteiger partial charge in [0.15, 0.2) is 6.61 Å². The van der Waals surface area contributed by atoms with E-state index in [4.69, 9.17) is 4.74 Å². The van der Waals surface area contributed by atoms with Crippen molar-refractivity contribution in [3.63, 3.8) is 0 Å². The molecule has 0 bridgehead atoms. The number of carbonyl (C=O) groups excluding carboxylic acids is 1. The smallest absolute Gasteiger partial charge is 0.260 e. The maximum absolute atomic E-state index is 13.0. The van der Waals surface area contributed by atoms with Gasteiger partial charge in [0.25, 0.3) is 5.91 Å². The number of pyridine rings is 1. The molecule has 6 heteroatoms. The molecule has 0 atom stereocenters. The zero-order valence-electron chi connectivity index (χ0n) is 17.1. The van der Waals surface area contributed by atoms with E-state index in [-0.39, 0.29) is 24.1 Å². The van der Waals surface area contributed by atoms with Gasteiger partial charge in [-0.15, -0.1) is 0 Å². The van der Waals surface area contributed by atoms with E-state index in [1.807, 2.05) is 11.1 Å². The van der Waals surface area contributed by atoms with Crippen molar-refractivity contribution >= 4 is 5.91 Å². The summed E-state index contributed by atoms with van der Waals surface area (Å²) in [7, 11) is 0. The second kappa shape index (κ2) is 9.69. The average molecular weight is 422 g/mol. The maximum Gasteiger partial charge on any atom is 0.260 e. The number of carbonyl (C=O) groups is 1. The second-order valence-corrected chi connectivity index (χ2v) is 7.79. The Morgan fingerprint density at radius 1 is 0.903 bits per heavy atom. The van der Waals surface area contributed by atoms with Crippen LogP contribution in [-0.4, -0.2) is 35.5 Å². The predicted octanol–water partition coefficient (Wildman–Crippen LogP) is 4.74. The Kier molecular flexibility index (Phi) is 6.55. The molecule has 3 aromatic rings. The molecule has 0 radical (unpaired) electrons. The minimum atomic E-state index is -0.335. The Morgan fingerprint density at radius 3 is 2.13 bits per heavy atom. The molecule has 0 saturated carbocycles. The van der Waals surface area contributed by atoms with Crippen molar-refractivity contribution in [2.75, 3.05) is 19.7 Å². The van der Waals surface area contributed by atoms with E-state index in [1.165, 1.54) is 36.4 Å². The van der Waals surface area contributed by atoms with Crippen molar-refractivity contribution in [2.45, 2.75) is 25.2 Å². The highest BCUT2D eigenvalue weighted by molar-refractivity contribution is 5.77. The van der Waals surface area contributed by atoms with Gasteiger partial charge in [-0.3, -0.25) is 9.78 Å². The molecule has 2 heterocycles. The fourth-order valence-electron chi connectivity index (χ4n) is 3.81. The largest absolute Gasteiger partial charge is 0.484 e. The third kappa shape index (κ3) is 5.66. The number of ether oxygens (including phenoxy) is 1. The highest BCUT2D eigenvalue weighted by Gasteiger charge is 2.24. The van der Waals surface area contributed by atoms with Crippen LogP contribution < -0.4 is 4.74 Å². The number of nitrogens with zero attached hydrogens (tertiary/aromatic N) is 2. The molecule has 4 rings (SSSR count). The lowest BCUT2D eigenvalue weighted by Crippen LogP contribution is -2.40. The molecular weight excluding hydrogens is 398 g/mol. The summed E-state index contributed by atoms with van der Waals surface area (Å²) in [4.78, 5) is 18.9. The second-order valence-electron chi connectivity index (χ2n) is 7.79. The van der Waals surface area contributed by atoms with Crippen LogP contribution in [0.2, 0.25) is 0 Å². The third-order valence-electron chi connectivity index (χ3n) is 5.61. The molecule has 1 amide bonds. The minimum absolute atomic E-state index is 0.0490. The summed E-state index contributed by atoms with van der Waals surface area (Å²) in [6.45, 7) is 1.28. The molecule has 4 nitrogen and oxygen atoms in total. The van der Waals surface area contributed by atoms with Crippen molar-refractivity contribution in [2.24, 2.45) is 0 Å². The number of likely N-dealkylation sites (tertiary alicyclic amines) is 1. The van der Waals surface area contributed by atoms with E-state index in [0.717, 1.165) is 29.7 Å². The van der Waals surface area contributed by atoms with Gasteiger partial charge in [-0.2, -0.15) is 0 Å². The first-order valence-electron chi connectivity index (χ1n) is 10.4. The highest BCUT2D eigenvalue weighted by atomic mass is 19.1. The van der Waals surface area contributed by atoms with Crippen LogP contribution in [0, 0.1) is 11.6 Å². The van der Waals surface area contributed by atoms with Gasteiger partial charge < -0.3 is 9.64 Å². The van der Waals surface area contributed by atoms with Crippen LogP contribution in [0.3, 0.4) is 0 Å². The maximum atomic E-state index is 13.0. The molecule has 0 N–H and O–H groups in total. The molecule has 1 saturated heterocycles. The van der Waals surface area contributed by atoms with Crippen LogP contribution >= 0.6 is 0 Å². The van der Waals surface area contributed by atoms with E-state index >= 15 is 0 Å². The number of aromatic nitrogens is 1. The monoisotopic (exact) mass is 422 g/mol. The summed E-state index contributed by atoms with van der Waals surface area (Å²) in [6, 6.07) is 16.3. The lowest BCUT2D eigenvalue weighted by molar-refractivity contribution is -0.134. The fraction of sp³-hybridized carbons (Fsp3) is 0.280. The molecule has 1 aliphatic heterocycles.